The summed E-state index contributed by atoms with van der Waals surface area (Å²) in [6.07, 6.45) is 2.42. The third-order valence-corrected chi connectivity index (χ3v) is 5.87. The highest BCUT2D eigenvalue weighted by Gasteiger charge is 2.24. The maximum absolute atomic E-state index is 12.3. The van der Waals surface area contributed by atoms with E-state index in [1.54, 1.807) is 18.2 Å². The van der Waals surface area contributed by atoms with Crippen molar-refractivity contribution in [2.75, 3.05) is 0 Å². The van der Waals surface area contributed by atoms with Crippen LogP contribution in [0.5, 0.6) is 0 Å². The van der Waals surface area contributed by atoms with E-state index in [0.29, 0.717) is 30.6 Å². The van der Waals surface area contributed by atoms with Crippen molar-refractivity contribution in [3.8, 4) is 0 Å². The second kappa shape index (κ2) is 5.91. The van der Waals surface area contributed by atoms with Gasteiger partial charge < -0.3 is 5.11 Å². The van der Waals surface area contributed by atoms with Gasteiger partial charge >= 0.3 is 0 Å². The second-order valence-corrected chi connectivity index (χ2v) is 7.61. The van der Waals surface area contributed by atoms with E-state index in [1.165, 1.54) is 0 Å². The Balaban J connectivity index is 2.11. The Morgan fingerprint density at radius 3 is 2.47 bits per heavy atom. The quantitative estimate of drug-likeness (QED) is 0.881. The van der Waals surface area contributed by atoms with Crippen LogP contribution < -0.4 is 4.72 Å². The summed E-state index contributed by atoms with van der Waals surface area (Å²) in [4.78, 5) is 0.291. The molecular formula is C13H18BrNO3S. The molecule has 1 aromatic rings. The summed E-state index contributed by atoms with van der Waals surface area (Å²) in [6, 6.07) is 4.92. The van der Waals surface area contributed by atoms with E-state index in [-0.39, 0.29) is 12.1 Å². The highest BCUT2D eigenvalue weighted by molar-refractivity contribution is 9.10. The molecule has 2 rings (SSSR count). The Bertz CT molecular complexity index is 551. The smallest absolute Gasteiger partial charge is 0.240 e. The maximum atomic E-state index is 12.3. The summed E-state index contributed by atoms with van der Waals surface area (Å²) >= 11 is 3.36. The third kappa shape index (κ3) is 3.78. The number of halogens is 1. The lowest BCUT2D eigenvalue weighted by Gasteiger charge is -2.26. The molecule has 4 nitrogen and oxygen atoms in total. The van der Waals surface area contributed by atoms with Crippen LogP contribution in [0.3, 0.4) is 0 Å². The predicted octanol–water partition coefficient (Wildman–Crippen LogP) is 2.34. The largest absolute Gasteiger partial charge is 0.393 e. The van der Waals surface area contributed by atoms with Crippen LogP contribution in [0.15, 0.2) is 27.6 Å². The van der Waals surface area contributed by atoms with E-state index in [1.807, 2.05) is 6.92 Å². The SMILES string of the molecule is Cc1cc(S(=O)(=O)N[C@H]2CC[C@H](O)CC2)ccc1Br. The molecule has 0 saturated heterocycles. The number of benzene rings is 1. The van der Waals surface area contributed by atoms with Crippen LogP contribution in [0, 0.1) is 6.92 Å². The van der Waals surface area contributed by atoms with Gasteiger partial charge in [-0.05, 0) is 56.4 Å². The molecule has 0 heterocycles. The van der Waals surface area contributed by atoms with Crippen LogP contribution in [0.1, 0.15) is 31.2 Å². The van der Waals surface area contributed by atoms with Crippen LogP contribution >= 0.6 is 15.9 Å². The van der Waals surface area contributed by atoms with Crippen molar-refractivity contribution in [1.29, 1.82) is 0 Å². The van der Waals surface area contributed by atoms with Crippen molar-refractivity contribution in [2.45, 2.75) is 49.6 Å². The zero-order chi connectivity index (χ0) is 14.0. The molecule has 0 amide bonds. The van der Waals surface area contributed by atoms with Crippen LogP contribution in [0.4, 0.5) is 0 Å². The summed E-state index contributed by atoms with van der Waals surface area (Å²) in [5, 5.41) is 9.43. The molecule has 1 aliphatic carbocycles. The summed E-state index contributed by atoms with van der Waals surface area (Å²) in [7, 11) is -3.47. The van der Waals surface area contributed by atoms with Gasteiger partial charge in [0.25, 0.3) is 0 Å². The zero-order valence-electron chi connectivity index (χ0n) is 10.8. The topological polar surface area (TPSA) is 66.4 Å². The highest BCUT2D eigenvalue weighted by atomic mass is 79.9. The van der Waals surface area contributed by atoms with Crippen molar-refractivity contribution < 1.29 is 13.5 Å². The molecule has 0 atom stereocenters. The first-order chi connectivity index (χ1) is 8.88. The molecular weight excluding hydrogens is 330 g/mol. The summed E-state index contributed by atoms with van der Waals surface area (Å²) < 4.78 is 28.1. The first kappa shape index (κ1) is 15.0. The van der Waals surface area contributed by atoms with E-state index in [9.17, 15) is 13.5 Å². The lowest BCUT2D eigenvalue weighted by molar-refractivity contribution is 0.120. The van der Waals surface area contributed by atoms with E-state index in [4.69, 9.17) is 0 Å². The van der Waals surface area contributed by atoms with Crippen molar-refractivity contribution in [3.63, 3.8) is 0 Å². The molecule has 106 valence electrons. The van der Waals surface area contributed by atoms with Gasteiger partial charge in [-0.3, -0.25) is 0 Å². The molecule has 0 aromatic heterocycles. The fourth-order valence-electron chi connectivity index (χ4n) is 2.27. The molecule has 0 unspecified atom stereocenters. The van der Waals surface area contributed by atoms with E-state index in [2.05, 4.69) is 20.7 Å². The average molecular weight is 348 g/mol. The van der Waals surface area contributed by atoms with Gasteiger partial charge in [0.2, 0.25) is 10.0 Å². The second-order valence-electron chi connectivity index (χ2n) is 5.04. The molecule has 0 aliphatic heterocycles. The van der Waals surface area contributed by atoms with Gasteiger partial charge in [0, 0.05) is 10.5 Å². The molecule has 1 fully saturated rings. The lowest BCUT2D eigenvalue weighted by Crippen LogP contribution is -2.38. The van der Waals surface area contributed by atoms with Gasteiger partial charge in [-0.15, -0.1) is 0 Å². The number of aliphatic hydroxyl groups excluding tert-OH is 1. The Morgan fingerprint density at radius 1 is 1.26 bits per heavy atom. The normalized spacial score (nSPS) is 24.4. The molecule has 19 heavy (non-hydrogen) atoms. The van der Waals surface area contributed by atoms with Crippen LogP contribution in [-0.4, -0.2) is 25.7 Å². The summed E-state index contributed by atoms with van der Waals surface area (Å²) in [5.41, 5.74) is 0.891. The molecule has 0 spiro atoms. The number of hydrogen-bond donors (Lipinski definition) is 2. The minimum absolute atomic E-state index is 0.0719. The first-order valence-electron chi connectivity index (χ1n) is 6.35. The van der Waals surface area contributed by atoms with E-state index >= 15 is 0 Å². The van der Waals surface area contributed by atoms with Crippen molar-refractivity contribution in [3.05, 3.63) is 28.2 Å². The lowest BCUT2D eigenvalue weighted by atomic mass is 9.94. The number of rotatable bonds is 3. The number of aryl methyl sites for hydroxylation is 1. The summed E-state index contributed by atoms with van der Waals surface area (Å²) in [6.45, 7) is 1.86. The standard InChI is InChI=1S/C13H18BrNO3S/c1-9-8-12(6-7-13(9)14)19(17,18)15-10-2-4-11(16)5-3-10/h6-8,10-11,15-16H,2-5H2,1H3/t10-,11-. The van der Waals surface area contributed by atoms with E-state index < -0.39 is 10.0 Å². The van der Waals surface area contributed by atoms with Gasteiger partial charge in [-0.25, -0.2) is 13.1 Å². The van der Waals surface area contributed by atoms with Gasteiger partial charge in [-0.2, -0.15) is 0 Å². The summed E-state index contributed by atoms with van der Waals surface area (Å²) in [5.74, 6) is 0. The molecule has 6 heteroatoms. The minimum atomic E-state index is -3.47. The molecule has 2 N–H and O–H groups in total. The van der Waals surface area contributed by atoms with Crippen molar-refractivity contribution in [2.24, 2.45) is 0 Å². The van der Waals surface area contributed by atoms with Gasteiger partial charge in [-0.1, -0.05) is 15.9 Å². The van der Waals surface area contributed by atoms with Crippen LogP contribution in [0.2, 0.25) is 0 Å². The molecule has 1 aromatic carbocycles. The average Bonchev–Trinajstić information content (AvgIpc) is 2.35. The fourth-order valence-corrected chi connectivity index (χ4v) is 3.90. The van der Waals surface area contributed by atoms with Crippen LogP contribution in [-0.2, 0) is 10.0 Å². The molecule has 1 aliphatic rings. The fraction of sp³-hybridized carbons (Fsp3) is 0.538. The molecule has 0 bridgehead atoms. The minimum Gasteiger partial charge on any atom is -0.393 e. The monoisotopic (exact) mass is 347 g/mol. The predicted molar refractivity (Wildman–Crippen MR) is 77.5 cm³/mol. The van der Waals surface area contributed by atoms with Gasteiger partial charge in [0.1, 0.15) is 0 Å². The van der Waals surface area contributed by atoms with Crippen LogP contribution in [0.25, 0.3) is 0 Å². The molecule has 0 radical (unpaired) electrons. The Morgan fingerprint density at radius 2 is 1.89 bits per heavy atom. The third-order valence-electron chi connectivity index (χ3n) is 3.46. The maximum Gasteiger partial charge on any atom is 0.240 e. The zero-order valence-corrected chi connectivity index (χ0v) is 13.2. The number of nitrogens with one attached hydrogen (secondary N) is 1. The van der Waals surface area contributed by atoms with Gasteiger partial charge in [0.15, 0.2) is 0 Å². The van der Waals surface area contributed by atoms with E-state index in [0.717, 1.165) is 10.0 Å². The Hall–Kier alpha value is -0.430. The Labute approximate surface area is 122 Å². The van der Waals surface area contributed by atoms with Crippen molar-refractivity contribution >= 4 is 26.0 Å². The number of hydrogen-bond acceptors (Lipinski definition) is 3. The molecule has 1 saturated carbocycles. The Kier molecular flexibility index (Phi) is 4.66. The van der Waals surface area contributed by atoms with Gasteiger partial charge in [0.05, 0.1) is 11.0 Å². The number of sulfonamides is 1. The highest BCUT2D eigenvalue weighted by Crippen LogP contribution is 2.23. The number of aliphatic hydroxyl groups is 1. The van der Waals surface area contributed by atoms with Crippen molar-refractivity contribution in [1.82, 2.24) is 4.72 Å². The first-order valence-corrected chi connectivity index (χ1v) is 8.62.